The van der Waals surface area contributed by atoms with Gasteiger partial charge in [-0.3, -0.25) is 5.32 Å². The van der Waals surface area contributed by atoms with Crippen molar-refractivity contribution >= 4 is 21.8 Å². The molecular weight excluding hydrogens is 312 g/mol. The monoisotopic (exact) mass is 332 g/mol. The Morgan fingerprint density at radius 1 is 1.36 bits per heavy atom. The van der Waals surface area contributed by atoms with Gasteiger partial charge in [-0.1, -0.05) is 0 Å². The molecule has 4 N–H and O–H groups in total. The van der Waals surface area contributed by atoms with Gasteiger partial charge in [0.25, 0.3) is 0 Å². The number of carbonyl (C=O) groups excluding carboxylic acids is 1. The highest BCUT2D eigenvalue weighted by atomic mass is 32.2. The molecule has 22 heavy (non-hydrogen) atoms. The summed E-state index contributed by atoms with van der Waals surface area (Å²) in [4.78, 5) is 11.7. The lowest BCUT2D eigenvalue weighted by Gasteiger charge is -2.20. The highest BCUT2D eigenvalue weighted by molar-refractivity contribution is 7.88. The number of sulfonamides is 1. The first-order chi connectivity index (χ1) is 9.91. The number of amides is 1. The lowest BCUT2D eigenvalue weighted by molar-refractivity contribution is 0.0635. The summed E-state index contributed by atoms with van der Waals surface area (Å²) >= 11 is 0. The van der Waals surface area contributed by atoms with Crippen LogP contribution in [0.2, 0.25) is 0 Å². The number of hydrogen-bond donors (Lipinski definition) is 3. The van der Waals surface area contributed by atoms with Gasteiger partial charge in [0, 0.05) is 0 Å². The van der Waals surface area contributed by atoms with Gasteiger partial charge in [-0.05, 0) is 38.5 Å². The number of nitrogens with one attached hydrogen (secondary N) is 1. The number of aromatic hydroxyl groups is 1. The normalized spacial score (nSPS) is 11.9. The van der Waals surface area contributed by atoms with Crippen LogP contribution in [0.5, 0.6) is 11.5 Å². The highest BCUT2D eigenvalue weighted by Crippen LogP contribution is 2.36. The lowest BCUT2D eigenvalue weighted by atomic mass is 10.2. The van der Waals surface area contributed by atoms with Crippen LogP contribution in [0.3, 0.4) is 0 Å². The Morgan fingerprint density at radius 3 is 2.41 bits per heavy atom. The molecular formula is C13H20N2O6S. The molecule has 0 saturated carbocycles. The lowest BCUT2D eigenvalue weighted by Crippen LogP contribution is -2.27. The van der Waals surface area contributed by atoms with E-state index in [-0.39, 0.29) is 22.7 Å². The van der Waals surface area contributed by atoms with Crippen LogP contribution in [0, 0.1) is 0 Å². The number of benzene rings is 1. The van der Waals surface area contributed by atoms with Crippen molar-refractivity contribution in [1.29, 1.82) is 0 Å². The van der Waals surface area contributed by atoms with E-state index >= 15 is 0 Å². The van der Waals surface area contributed by atoms with Crippen LogP contribution >= 0.6 is 0 Å². The second-order valence-electron chi connectivity index (χ2n) is 5.63. The quantitative estimate of drug-likeness (QED) is 0.717. The zero-order chi connectivity index (χ0) is 17.1. The van der Waals surface area contributed by atoms with Crippen LogP contribution in [0.15, 0.2) is 12.1 Å². The third-order valence-corrected chi connectivity index (χ3v) is 3.09. The van der Waals surface area contributed by atoms with Gasteiger partial charge in [-0.25, -0.2) is 18.4 Å². The molecule has 1 rings (SSSR count). The van der Waals surface area contributed by atoms with Crippen LogP contribution in [0.1, 0.15) is 26.3 Å². The van der Waals surface area contributed by atoms with Gasteiger partial charge >= 0.3 is 6.09 Å². The Hall–Kier alpha value is -2.00. The van der Waals surface area contributed by atoms with E-state index < -0.39 is 27.5 Å². The van der Waals surface area contributed by atoms with Gasteiger partial charge in [-0.2, -0.15) is 0 Å². The molecule has 124 valence electrons. The first kappa shape index (κ1) is 18.1. The van der Waals surface area contributed by atoms with Crippen LogP contribution < -0.4 is 15.2 Å². The third-order valence-electron chi connectivity index (χ3n) is 2.36. The molecule has 0 aliphatic heterocycles. The molecule has 1 amide bonds. The Kier molecular flexibility index (Phi) is 5.26. The van der Waals surface area contributed by atoms with E-state index in [1.54, 1.807) is 20.8 Å². The maximum absolute atomic E-state index is 11.7. The number of phenols is 1. The summed E-state index contributed by atoms with van der Waals surface area (Å²) < 4.78 is 32.3. The summed E-state index contributed by atoms with van der Waals surface area (Å²) in [7, 11) is -2.47. The topological polar surface area (TPSA) is 128 Å². The zero-order valence-electron chi connectivity index (χ0n) is 12.8. The standard InChI is InChI=1S/C13H20N2O6S/c1-13(2,3)21-12(17)15-9-5-8(7-22(14,18)19)6-10(20-4)11(9)16/h5-6,16H,7H2,1-4H3,(H,15,17)(H2,14,18,19). The Balaban J connectivity index is 3.12. The Labute approximate surface area is 129 Å². The summed E-state index contributed by atoms with van der Waals surface area (Å²) in [6.07, 6.45) is -0.794. The van der Waals surface area contributed by atoms with Gasteiger partial charge in [0.1, 0.15) is 5.60 Å². The number of primary sulfonamides is 1. The molecule has 0 aliphatic carbocycles. The minimum atomic E-state index is -3.77. The summed E-state index contributed by atoms with van der Waals surface area (Å²) in [5.41, 5.74) is -0.502. The van der Waals surface area contributed by atoms with E-state index in [1.807, 2.05) is 0 Å². The van der Waals surface area contributed by atoms with Crippen LogP contribution in [0.4, 0.5) is 10.5 Å². The van der Waals surface area contributed by atoms with Crippen molar-refractivity contribution in [3.05, 3.63) is 17.7 Å². The van der Waals surface area contributed by atoms with Crippen LogP contribution in [-0.4, -0.2) is 32.3 Å². The first-order valence-corrected chi connectivity index (χ1v) is 8.03. The van der Waals surface area contributed by atoms with E-state index in [0.717, 1.165) is 0 Å². The van der Waals surface area contributed by atoms with E-state index in [4.69, 9.17) is 14.6 Å². The number of methoxy groups -OCH3 is 1. The molecule has 1 aromatic carbocycles. The minimum absolute atomic E-state index is 0.00667. The first-order valence-electron chi connectivity index (χ1n) is 6.31. The SMILES string of the molecule is COc1cc(CS(N)(=O)=O)cc(NC(=O)OC(C)(C)C)c1O. The van der Waals surface area contributed by atoms with Gasteiger partial charge in [0.2, 0.25) is 10.0 Å². The second kappa shape index (κ2) is 6.41. The summed E-state index contributed by atoms with van der Waals surface area (Å²) in [6, 6.07) is 2.60. The molecule has 0 saturated heterocycles. The molecule has 0 fully saturated rings. The fraction of sp³-hybridized carbons (Fsp3) is 0.462. The average molecular weight is 332 g/mol. The predicted molar refractivity (Wildman–Crippen MR) is 81.3 cm³/mol. The summed E-state index contributed by atoms with van der Waals surface area (Å²) in [6.45, 7) is 5.05. The van der Waals surface area contributed by atoms with E-state index in [1.165, 1.54) is 19.2 Å². The fourth-order valence-corrected chi connectivity index (χ4v) is 2.28. The van der Waals surface area contributed by atoms with Crippen molar-refractivity contribution in [3.63, 3.8) is 0 Å². The van der Waals surface area contributed by atoms with Crippen molar-refractivity contribution in [2.24, 2.45) is 5.14 Å². The average Bonchev–Trinajstić information content (AvgIpc) is 2.28. The van der Waals surface area contributed by atoms with Gasteiger partial charge in [-0.15, -0.1) is 0 Å². The second-order valence-corrected chi connectivity index (χ2v) is 7.24. The Bertz CT molecular complexity index is 664. The largest absolute Gasteiger partial charge is 0.503 e. The maximum atomic E-state index is 11.7. The molecule has 8 nitrogen and oxygen atoms in total. The molecule has 0 aliphatic rings. The maximum Gasteiger partial charge on any atom is 0.412 e. The molecule has 0 aromatic heterocycles. The van der Waals surface area contributed by atoms with E-state index in [0.29, 0.717) is 0 Å². The number of anilines is 1. The third kappa shape index (κ3) is 5.78. The smallest absolute Gasteiger partial charge is 0.412 e. The molecule has 0 radical (unpaired) electrons. The van der Waals surface area contributed by atoms with Crippen molar-refractivity contribution in [2.45, 2.75) is 32.1 Å². The molecule has 9 heteroatoms. The molecule has 0 spiro atoms. The molecule has 0 heterocycles. The molecule has 0 bridgehead atoms. The van der Waals surface area contributed by atoms with Gasteiger partial charge in [0.05, 0.1) is 18.6 Å². The number of carbonyl (C=O) groups is 1. The highest BCUT2D eigenvalue weighted by Gasteiger charge is 2.20. The number of nitrogens with two attached hydrogens (primary N) is 1. The number of ether oxygens (including phenoxy) is 2. The molecule has 0 unspecified atom stereocenters. The molecule has 1 aromatic rings. The zero-order valence-corrected chi connectivity index (χ0v) is 13.7. The van der Waals surface area contributed by atoms with Crippen molar-refractivity contribution in [2.75, 3.05) is 12.4 Å². The van der Waals surface area contributed by atoms with Crippen molar-refractivity contribution in [1.82, 2.24) is 0 Å². The number of rotatable bonds is 4. The van der Waals surface area contributed by atoms with Crippen molar-refractivity contribution < 1.29 is 27.8 Å². The predicted octanol–water partition coefficient (Wildman–Crippen LogP) is 1.54. The van der Waals surface area contributed by atoms with Gasteiger partial charge < -0.3 is 14.6 Å². The Morgan fingerprint density at radius 2 is 1.95 bits per heavy atom. The van der Waals surface area contributed by atoms with Crippen molar-refractivity contribution in [3.8, 4) is 11.5 Å². The van der Waals surface area contributed by atoms with Crippen LogP contribution in [-0.2, 0) is 20.5 Å². The fourth-order valence-electron chi connectivity index (χ4n) is 1.64. The van der Waals surface area contributed by atoms with E-state index in [2.05, 4.69) is 5.32 Å². The summed E-state index contributed by atoms with van der Waals surface area (Å²) in [5.74, 6) is -0.800. The van der Waals surface area contributed by atoms with Gasteiger partial charge in [0.15, 0.2) is 11.5 Å². The molecule has 0 atom stereocenters. The minimum Gasteiger partial charge on any atom is -0.503 e. The van der Waals surface area contributed by atoms with Crippen LogP contribution in [0.25, 0.3) is 0 Å². The van der Waals surface area contributed by atoms with E-state index in [9.17, 15) is 18.3 Å². The number of hydrogen-bond acceptors (Lipinski definition) is 6. The number of phenolic OH excluding ortho intramolecular Hbond substituents is 1. The summed E-state index contributed by atoms with van der Waals surface area (Å²) in [5, 5.41) is 17.3.